The van der Waals surface area contributed by atoms with E-state index in [-0.39, 0.29) is 7.48 Å². The lowest BCUT2D eigenvalue weighted by molar-refractivity contribution is 0.615. The van der Waals surface area contributed by atoms with E-state index in [9.17, 15) is 5.02 Å². The van der Waals surface area contributed by atoms with Crippen LogP contribution in [0.25, 0.3) is 22.3 Å². The molecule has 0 fully saturated rings. The van der Waals surface area contributed by atoms with Gasteiger partial charge in [0, 0.05) is 0 Å². The highest BCUT2D eigenvalue weighted by molar-refractivity contribution is 6.45. The Labute approximate surface area is 211 Å². The van der Waals surface area contributed by atoms with Gasteiger partial charge in [-0.2, -0.15) is 0 Å². The molecule has 4 aromatic carbocycles. The van der Waals surface area contributed by atoms with Crippen LogP contribution in [0.2, 0.25) is 0 Å². The van der Waals surface area contributed by atoms with Crippen LogP contribution in [0.3, 0.4) is 0 Å². The second-order valence-corrected chi connectivity index (χ2v) is 10.1. The van der Waals surface area contributed by atoms with Crippen molar-refractivity contribution in [2.24, 2.45) is 0 Å². The zero-order valence-corrected chi connectivity index (χ0v) is 19.8. The molecule has 1 N–H and O–H groups in total. The van der Waals surface area contributed by atoms with Crippen LogP contribution in [-0.4, -0.2) is 12.5 Å². The van der Waals surface area contributed by atoms with Gasteiger partial charge in [0.1, 0.15) is 0 Å². The Morgan fingerprint density at radius 1 is 0.583 bits per heavy atom. The summed E-state index contributed by atoms with van der Waals surface area (Å²) in [6.45, 7) is 0. The fourth-order valence-corrected chi connectivity index (χ4v) is 7.15. The normalized spacial score (nSPS) is 19.9. The smallest absolute Gasteiger partial charge is 0.304 e. The highest BCUT2D eigenvalue weighted by Gasteiger charge is 2.54. The van der Waals surface area contributed by atoms with Crippen LogP contribution in [0.1, 0.15) is 39.8 Å². The van der Waals surface area contributed by atoms with E-state index in [4.69, 9.17) is 0 Å². The first-order chi connectivity index (χ1) is 17.8. The molecule has 4 aromatic rings. The number of fused-ring (bicyclic) bond motifs is 15. The first-order valence-corrected chi connectivity index (χ1v) is 12.7. The van der Waals surface area contributed by atoms with Crippen molar-refractivity contribution in [3.63, 3.8) is 0 Å². The molecule has 0 saturated heterocycles. The standard InChI is InChI=1S/C34H23BO/c36-35-23-17-18-26-25-12-5-7-15-29(25)34(31(26)20-23)30-16-8-6-14-28(30)32-27-13-4-3-11-24(27)21-9-1-2-10-22(19-21)33(32)34/h1-18,20,35-36H,19H2. The average Bonchev–Trinajstić information content (AvgIpc) is 3.19. The van der Waals surface area contributed by atoms with Crippen LogP contribution in [0.15, 0.2) is 126 Å². The quantitative estimate of drug-likeness (QED) is 0.344. The van der Waals surface area contributed by atoms with Gasteiger partial charge in [-0.1, -0.05) is 121 Å². The van der Waals surface area contributed by atoms with E-state index >= 15 is 0 Å². The molecule has 1 spiro atoms. The molecule has 1 nitrogen and oxygen atoms in total. The van der Waals surface area contributed by atoms with Gasteiger partial charge in [0.15, 0.2) is 0 Å². The molecule has 8 rings (SSSR count). The van der Waals surface area contributed by atoms with E-state index in [1.165, 1.54) is 66.8 Å². The van der Waals surface area contributed by atoms with Gasteiger partial charge >= 0.3 is 7.48 Å². The van der Waals surface area contributed by atoms with Crippen molar-refractivity contribution in [2.75, 3.05) is 0 Å². The summed E-state index contributed by atoms with van der Waals surface area (Å²) in [5, 5.41) is 10.2. The van der Waals surface area contributed by atoms with E-state index in [1.54, 1.807) is 0 Å². The van der Waals surface area contributed by atoms with Gasteiger partial charge in [-0.25, -0.2) is 0 Å². The second kappa shape index (κ2) is 7.19. The third-order valence-electron chi connectivity index (χ3n) is 8.47. The number of rotatable bonds is 1. The summed E-state index contributed by atoms with van der Waals surface area (Å²) in [6, 6.07) is 33.4. The fraction of sp³-hybridized carbons (Fsp3) is 0.0588. The molecule has 168 valence electrons. The van der Waals surface area contributed by atoms with Crippen molar-refractivity contribution >= 4 is 24.1 Å². The number of benzene rings is 4. The Kier molecular flexibility index (Phi) is 4.02. The van der Waals surface area contributed by atoms with E-state index in [1.807, 2.05) is 0 Å². The molecule has 36 heavy (non-hydrogen) atoms. The van der Waals surface area contributed by atoms with Gasteiger partial charge in [0.25, 0.3) is 0 Å². The number of hydrogen-bond acceptors (Lipinski definition) is 1. The topological polar surface area (TPSA) is 20.2 Å². The van der Waals surface area contributed by atoms with Gasteiger partial charge in [0.05, 0.1) is 5.41 Å². The third kappa shape index (κ3) is 2.35. The van der Waals surface area contributed by atoms with E-state index in [2.05, 4.69) is 115 Å². The van der Waals surface area contributed by atoms with Crippen molar-refractivity contribution < 1.29 is 5.02 Å². The molecular weight excluding hydrogens is 435 g/mol. The zero-order chi connectivity index (χ0) is 23.9. The molecule has 0 radical (unpaired) electrons. The van der Waals surface area contributed by atoms with Gasteiger partial charge in [-0.15, -0.1) is 0 Å². The predicted octanol–water partition coefficient (Wildman–Crippen LogP) is 6.07. The van der Waals surface area contributed by atoms with E-state index < -0.39 is 5.41 Å². The molecule has 1 unspecified atom stereocenters. The van der Waals surface area contributed by atoms with Crippen LogP contribution < -0.4 is 5.46 Å². The van der Waals surface area contributed by atoms with Crippen molar-refractivity contribution in [1.82, 2.24) is 0 Å². The Bertz CT molecular complexity index is 1750. The third-order valence-corrected chi connectivity index (χ3v) is 8.47. The first-order valence-electron chi connectivity index (χ1n) is 12.7. The van der Waals surface area contributed by atoms with E-state index in [0.29, 0.717) is 0 Å². The summed E-state index contributed by atoms with van der Waals surface area (Å²) in [4.78, 5) is 0. The molecular formula is C34H23BO. The maximum atomic E-state index is 10.2. The molecule has 0 heterocycles. The Morgan fingerprint density at radius 3 is 1.97 bits per heavy atom. The minimum Gasteiger partial charge on any atom is -0.449 e. The summed E-state index contributed by atoms with van der Waals surface area (Å²) in [5.74, 6) is 0. The van der Waals surface area contributed by atoms with Gasteiger partial charge in [-0.3, -0.25) is 0 Å². The van der Waals surface area contributed by atoms with Gasteiger partial charge in [-0.05, 0) is 73.2 Å². The highest BCUT2D eigenvalue weighted by atomic mass is 16.2. The van der Waals surface area contributed by atoms with Crippen molar-refractivity contribution in [2.45, 2.75) is 11.8 Å². The van der Waals surface area contributed by atoms with E-state index in [0.717, 1.165) is 11.9 Å². The maximum Gasteiger partial charge on any atom is 0.304 e. The summed E-state index contributed by atoms with van der Waals surface area (Å²) in [5.41, 5.74) is 16.5. The summed E-state index contributed by atoms with van der Waals surface area (Å²) in [7, 11) is 0.0361. The van der Waals surface area contributed by atoms with Crippen LogP contribution >= 0.6 is 0 Å². The van der Waals surface area contributed by atoms with Gasteiger partial charge < -0.3 is 5.02 Å². The lowest BCUT2D eigenvalue weighted by Gasteiger charge is -2.34. The lowest BCUT2D eigenvalue weighted by atomic mass is 9.66. The molecule has 2 bridgehead atoms. The van der Waals surface area contributed by atoms with Crippen molar-refractivity contribution in [3.8, 4) is 11.1 Å². The fourth-order valence-electron chi connectivity index (χ4n) is 7.15. The SMILES string of the molecule is OBc1ccc2c(c1)C1(C3=C(c4ccccc4C4=CC=CC=C3C4)c3ccccc31)c1ccccc1-2. The van der Waals surface area contributed by atoms with Crippen LogP contribution in [0, 0.1) is 0 Å². The minimum absolute atomic E-state index is 0.0361. The first kappa shape index (κ1) is 20.1. The molecule has 0 aliphatic heterocycles. The Balaban J connectivity index is 1.62. The summed E-state index contributed by atoms with van der Waals surface area (Å²) >= 11 is 0. The second-order valence-electron chi connectivity index (χ2n) is 10.1. The molecule has 0 saturated carbocycles. The largest absolute Gasteiger partial charge is 0.449 e. The van der Waals surface area contributed by atoms with Crippen LogP contribution in [-0.2, 0) is 5.41 Å². The monoisotopic (exact) mass is 458 g/mol. The van der Waals surface area contributed by atoms with Crippen molar-refractivity contribution in [3.05, 3.63) is 160 Å². The molecule has 1 atom stereocenters. The van der Waals surface area contributed by atoms with Crippen molar-refractivity contribution in [1.29, 1.82) is 0 Å². The minimum atomic E-state index is -0.421. The molecule has 0 amide bonds. The summed E-state index contributed by atoms with van der Waals surface area (Å²) < 4.78 is 0. The van der Waals surface area contributed by atoms with Crippen LogP contribution in [0.4, 0.5) is 0 Å². The Hall–Kier alpha value is -4.14. The Morgan fingerprint density at radius 2 is 1.19 bits per heavy atom. The number of hydrogen-bond donors (Lipinski definition) is 1. The van der Waals surface area contributed by atoms with Crippen LogP contribution in [0.5, 0.6) is 0 Å². The van der Waals surface area contributed by atoms with Gasteiger partial charge in [0.2, 0.25) is 0 Å². The zero-order valence-electron chi connectivity index (χ0n) is 19.8. The lowest BCUT2D eigenvalue weighted by Crippen LogP contribution is -2.30. The maximum absolute atomic E-state index is 10.2. The predicted molar refractivity (Wildman–Crippen MR) is 149 cm³/mol. The highest BCUT2D eigenvalue weighted by Crippen LogP contribution is 2.65. The average molecular weight is 458 g/mol. The molecule has 2 heteroatoms. The summed E-state index contributed by atoms with van der Waals surface area (Å²) in [6.07, 6.45) is 9.89. The molecule has 4 aliphatic carbocycles. The molecule has 4 aliphatic rings. The number of allylic oxidation sites excluding steroid dienone is 7. The molecule has 0 aromatic heterocycles.